The van der Waals surface area contributed by atoms with Crippen molar-refractivity contribution in [3.8, 4) is 0 Å². The first-order chi connectivity index (χ1) is 12.3. The number of benzene rings is 1. The van der Waals surface area contributed by atoms with Crippen LogP contribution in [0.15, 0.2) is 41.5 Å². The summed E-state index contributed by atoms with van der Waals surface area (Å²) in [5.74, 6) is -3.25. The van der Waals surface area contributed by atoms with E-state index >= 15 is 0 Å². The molecule has 0 spiro atoms. The number of esters is 1. The SMILES string of the molecule is CCOCCC(CC(=O)OC(C)c1ccccc1)=C(CC(=O)O)C(=O)O. The first-order valence-electron chi connectivity index (χ1n) is 8.33. The van der Waals surface area contributed by atoms with Crippen molar-refractivity contribution in [3.63, 3.8) is 0 Å². The van der Waals surface area contributed by atoms with Gasteiger partial charge in [0.05, 0.1) is 19.4 Å². The standard InChI is InChI=1S/C19H24O7/c1-3-25-10-9-15(16(19(23)24)12-17(20)21)11-18(22)26-13(2)14-7-5-4-6-8-14/h4-8,13H,3,9-12H2,1-2H3,(H,20,21)(H,23,24). The van der Waals surface area contributed by atoms with Crippen molar-refractivity contribution in [1.29, 1.82) is 0 Å². The van der Waals surface area contributed by atoms with Crippen LogP contribution in [-0.4, -0.2) is 41.3 Å². The van der Waals surface area contributed by atoms with Gasteiger partial charge in [-0.15, -0.1) is 0 Å². The summed E-state index contributed by atoms with van der Waals surface area (Å²) in [7, 11) is 0. The van der Waals surface area contributed by atoms with Crippen molar-refractivity contribution in [3.05, 3.63) is 47.0 Å². The average Bonchev–Trinajstić information content (AvgIpc) is 2.59. The van der Waals surface area contributed by atoms with Crippen LogP contribution in [0.1, 0.15) is 44.8 Å². The molecule has 26 heavy (non-hydrogen) atoms. The number of carbonyl (C=O) groups excluding carboxylic acids is 1. The van der Waals surface area contributed by atoms with Crippen molar-refractivity contribution in [2.45, 2.75) is 39.2 Å². The Hall–Kier alpha value is -2.67. The van der Waals surface area contributed by atoms with E-state index in [0.29, 0.717) is 6.61 Å². The maximum atomic E-state index is 12.2. The van der Waals surface area contributed by atoms with E-state index in [1.165, 1.54) is 0 Å². The summed E-state index contributed by atoms with van der Waals surface area (Å²) in [6.45, 7) is 4.13. The summed E-state index contributed by atoms with van der Waals surface area (Å²) in [5.41, 5.74) is 0.713. The molecule has 1 aromatic rings. The molecule has 1 rings (SSSR count). The smallest absolute Gasteiger partial charge is 0.332 e. The van der Waals surface area contributed by atoms with Gasteiger partial charge in [-0.05, 0) is 31.4 Å². The molecule has 2 N–H and O–H groups in total. The summed E-state index contributed by atoms with van der Waals surface area (Å²) in [5, 5.41) is 18.2. The molecule has 7 nitrogen and oxygen atoms in total. The van der Waals surface area contributed by atoms with E-state index in [-0.39, 0.29) is 30.6 Å². The van der Waals surface area contributed by atoms with E-state index in [4.69, 9.17) is 14.6 Å². The molecule has 7 heteroatoms. The number of aliphatic carboxylic acids is 2. The van der Waals surface area contributed by atoms with E-state index in [2.05, 4.69) is 0 Å². The molecular formula is C19H24O7. The minimum Gasteiger partial charge on any atom is -0.481 e. The quantitative estimate of drug-likeness (QED) is 0.353. The number of rotatable bonds is 11. The number of ether oxygens (including phenoxy) is 2. The lowest BCUT2D eigenvalue weighted by Gasteiger charge is -2.16. The van der Waals surface area contributed by atoms with Gasteiger partial charge in [-0.1, -0.05) is 30.3 Å². The molecule has 0 heterocycles. The van der Waals surface area contributed by atoms with Gasteiger partial charge in [0.2, 0.25) is 0 Å². The van der Waals surface area contributed by atoms with Gasteiger partial charge in [-0.2, -0.15) is 0 Å². The van der Waals surface area contributed by atoms with Crippen molar-refractivity contribution in [2.24, 2.45) is 0 Å². The highest BCUT2D eigenvalue weighted by Crippen LogP contribution is 2.22. The molecule has 0 aliphatic rings. The van der Waals surface area contributed by atoms with Crippen molar-refractivity contribution in [1.82, 2.24) is 0 Å². The molecule has 142 valence electrons. The molecule has 0 aliphatic carbocycles. The fraction of sp³-hybridized carbons (Fsp3) is 0.421. The third-order valence-electron chi connectivity index (χ3n) is 3.70. The van der Waals surface area contributed by atoms with Gasteiger partial charge in [-0.3, -0.25) is 9.59 Å². The summed E-state index contributed by atoms with van der Waals surface area (Å²) >= 11 is 0. The van der Waals surface area contributed by atoms with Crippen LogP contribution in [0.2, 0.25) is 0 Å². The van der Waals surface area contributed by atoms with Gasteiger partial charge >= 0.3 is 17.9 Å². The molecule has 1 atom stereocenters. The minimum atomic E-state index is -1.36. The van der Waals surface area contributed by atoms with Gasteiger partial charge in [-0.25, -0.2) is 4.79 Å². The second-order valence-corrected chi connectivity index (χ2v) is 5.62. The Bertz CT molecular complexity index is 649. The Kier molecular flexibility index (Phi) is 9.08. The zero-order valence-corrected chi connectivity index (χ0v) is 14.9. The normalized spacial score (nSPS) is 12.8. The molecule has 0 amide bonds. The largest absolute Gasteiger partial charge is 0.481 e. The van der Waals surface area contributed by atoms with Gasteiger partial charge in [0.25, 0.3) is 0 Å². The molecule has 0 fully saturated rings. The molecule has 0 saturated heterocycles. The highest BCUT2D eigenvalue weighted by Gasteiger charge is 2.21. The third kappa shape index (κ3) is 7.48. The Morgan fingerprint density at radius 2 is 1.73 bits per heavy atom. The maximum absolute atomic E-state index is 12.2. The van der Waals surface area contributed by atoms with Gasteiger partial charge in [0.15, 0.2) is 0 Å². The van der Waals surface area contributed by atoms with Gasteiger partial charge in [0.1, 0.15) is 6.10 Å². The van der Waals surface area contributed by atoms with E-state index in [0.717, 1.165) is 5.56 Å². The average molecular weight is 364 g/mol. The second-order valence-electron chi connectivity index (χ2n) is 5.62. The van der Waals surface area contributed by atoms with E-state index in [1.54, 1.807) is 13.8 Å². The summed E-state index contributed by atoms with van der Waals surface area (Å²) < 4.78 is 10.6. The monoisotopic (exact) mass is 364 g/mol. The summed E-state index contributed by atoms with van der Waals surface area (Å²) in [6, 6.07) is 9.12. The predicted octanol–water partition coefficient (Wildman–Crippen LogP) is 2.96. The molecule has 0 radical (unpaired) electrons. The Morgan fingerprint density at radius 3 is 2.27 bits per heavy atom. The molecule has 1 unspecified atom stereocenters. The molecule has 0 saturated carbocycles. The molecular weight excluding hydrogens is 340 g/mol. The second kappa shape index (κ2) is 11.0. The van der Waals surface area contributed by atoms with Crippen LogP contribution in [0.4, 0.5) is 0 Å². The Morgan fingerprint density at radius 1 is 1.08 bits per heavy atom. The lowest BCUT2D eigenvalue weighted by molar-refractivity contribution is -0.148. The molecule has 0 aliphatic heterocycles. The first-order valence-corrected chi connectivity index (χ1v) is 8.33. The number of hydrogen-bond donors (Lipinski definition) is 2. The molecule has 0 bridgehead atoms. The summed E-state index contributed by atoms with van der Waals surface area (Å²) in [6.07, 6.45) is -1.31. The van der Waals surface area contributed by atoms with Crippen LogP contribution < -0.4 is 0 Å². The van der Waals surface area contributed by atoms with Crippen LogP contribution in [0, 0.1) is 0 Å². The van der Waals surface area contributed by atoms with Crippen molar-refractivity contribution < 1.29 is 34.1 Å². The molecule has 0 aromatic heterocycles. The Balaban J connectivity index is 2.90. The number of carboxylic acid groups (broad SMARTS) is 2. The summed E-state index contributed by atoms with van der Waals surface area (Å²) in [4.78, 5) is 34.6. The van der Waals surface area contributed by atoms with Crippen LogP contribution in [0.3, 0.4) is 0 Å². The first kappa shape index (κ1) is 21.4. The lowest BCUT2D eigenvalue weighted by atomic mass is 9.99. The van der Waals surface area contributed by atoms with Crippen LogP contribution >= 0.6 is 0 Å². The van der Waals surface area contributed by atoms with Crippen LogP contribution in [0.25, 0.3) is 0 Å². The zero-order valence-electron chi connectivity index (χ0n) is 14.9. The van der Waals surface area contributed by atoms with Crippen molar-refractivity contribution >= 4 is 17.9 Å². The third-order valence-corrected chi connectivity index (χ3v) is 3.70. The fourth-order valence-corrected chi connectivity index (χ4v) is 2.39. The maximum Gasteiger partial charge on any atom is 0.332 e. The minimum absolute atomic E-state index is 0.150. The molecule has 1 aromatic carbocycles. The number of carboxylic acids is 2. The van der Waals surface area contributed by atoms with E-state index < -0.39 is 30.4 Å². The van der Waals surface area contributed by atoms with Crippen LogP contribution in [0.5, 0.6) is 0 Å². The lowest BCUT2D eigenvalue weighted by Crippen LogP contribution is -2.15. The fourth-order valence-electron chi connectivity index (χ4n) is 2.39. The highest BCUT2D eigenvalue weighted by molar-refractivity contribution is 5.93. The van der Waals surface area contributed by atoms with E-state index in [1.807, 2.05) is 30.3 Å². The predicted molar refractivity (Wildman–Crippen MR) is 93.6 cm³/mol. The van der Waals surface area contributed by atoms with Crippen molar-refractivity contribution in [2.75, 3.05) is 13.2 Å². The van der Waals surface area contributed by atoms with E-state index in [9.17, 15) is 19.5 Å². The van der Waals surface area contributed by atoms with Gasteiger partial charge in [0, 0.05) is 12.2 Å². The van der Waals surface area contributed by atoms with Crippen LogP contribution in [-0.2, 0) is 23.9 Å². The zero-order chi connectivity index (χ0) is 19.5. The number of carbonyl (C=O) groups is 3. The Labute approximate surface area is 152 Å². The topological polar surface area (TPSA) is 110 Å². The number of hydrogen-bond acceptors (Lipinski definition) is 5. The highest BCUT2D eigenvalue weighted by atomic mass is 16.5. The van der Waals surface area contributed by atoms with Gasteiger partial charge < -0.3 is 19.7 Å².